The molecule has 5 nitrogen and oxygen atoms in total. The lowest BCUT2D eigenvalue weighted by molar-refractivity contribution is -0.0448. The summed E-state index contributed by atoms with van der Waals surface area (Å²) in [5.74, 6) is 0. The maximum atomic E-state index is 12.9. The Morgan fingerprint density at radius 2 is 1.74 bits per heavy atom. The number of hydrogen-bond donors (Lipinski definition) is 1. The van der Waals surface area contributed by atoms with E-state index in [1.807, 2.05) is 38.1 Å². The van der Waals surface area contributed by atoms with E-state index in [-0.39, 0.29) is 12.2 Å². The van der Waals surface area contributed by atoms with Gasteiger partial charge < -0.3 is 4.74 Å². The second-order valence-electron chi connectivity index (χ2n) is 6.62. The molecule has 1 saturated carbocycles. The van der Waals surface area contributed by atoms with Gasteiger partial charge in [0.2, 0.25) is 0 Å². The molecule has 0 aromatic heterocycles. The van der Waals surface area contributed by atoms with Crippen molar-refractivity contribution in [1.82, 2.24) is 9.03 Å². The third-order valence-electron chi connectivity index (χ3n) is 4.65. The Kier molecular flexibility index (Phi) is 4.73. The molecule has 2 aliphatic rings. The van der Waals surface area contributed by atoms with Crippen molar-refractivity contribution in [1.29, 1.82) is 0 Å². The Labute approximate surface area is 143 Å². The highest BCUT2D eigenvalue weighted by Crippen LogP contribution is 2.42. The first-order valence-corrected chi connectivity index (χ1v) is 9.83. The Morgan fingerprint density at radius 1 is 1.17 bits per heavy atom. The third kappa shape index (κ3) is 3.56. The van der Waals surface area contributed by atoms with Gasteiger partial charge in [-0.1, -0.05) is 23.7 Å². The summed E-state index contributed by atoms with van der Waals surface area (Å²) in [7, 11) is -3.56. The van der Waals surface area contributed by atoms with Crippen molar-refractivity contribution in [2.24, 2.45) is 0 Å². The van der Waals surface area contributed by atoms with Crippen LogP contribution in [0.3, 0.4) is 0 Å². The van der Waals surface area contributed by atoms with Crippen molar-refractivity contribution in [2.75, 3.05) is 13.1 Å². The number of nitrogens with one attached hydrogen (secondary N) is 1. The minimum atomic E-state index is -3.56. The second-order valence-corrected chi connectivity index (χ2v) is 8.73. The first-order chi connectivity index (χ1) is 10.8. The summed E-state index contributed by atoms with van der Waals surface area (Å²) < 4.78 is 35.8. The Morgan fingerprint density at radius 3 is 2.22 bits per heavy atom. The minimum absolute atomic E-state index is 0.0943. The van der Waals surface area contributed by atoms with Gasteiger partial charge in [0.05, 0.1) is 17.7 Å². The van der Waals surface area contributed by atoms with E-state index in [1.54, 1.807) is 0 Å². The van der Waals surface area contributed by atoms with Crippen molar-refractivity contribution in [3.8, 4) is 0 Å². The fraction of sp³-hybridized carbons (Fsp3) is 0.625. The van der Waals surface area contributed by atoms with E-state index in [0.29, 0.717) is 18.1 Å². The summed E-state index contributed by atoms with van der Waals surface area (Å²) in [5, 5.41) is 0.655. The molecule has 1 heterocycles. The molecule has 128 valence electrons. The highest BCUT2D eigenvalue weighted by atomic mass is 35.5. The number of rotatable bonds is 4. The van der Waals surface area contributed by atoms with Crippen molar-refractivity contribution < 1.29 is 13.2 Å². The van der Waals surface area contributed by atoms with E-state index >= 15 is 0 Å². The topological polar surface area (TPSA) is 58.6 Å². The zero-order valence-corrected chi connectivity index (χ0v) is 15.0. The van der Waals surface area contributed by atoms with Crippen LogP contribution in [0.25, 0.3) is 0 Å². The number of benzene rings is 1. The van der Waals surface area contributed by atoms with Crippen LogP contribution in [-0.4, -0.2) is 38.0 Å². The van der Waals surface area contributed by atoms with Crippen molar-refractivity contribution in [3.63, 3.8) is 0 Å². The van der Waals surface area contributed by atoms with Gasteiger partial charge >= 0.3 is 0 Å². The lowest BCUT2D eigenvalue weighted by atomic mass is 9.73. The zero-order chi connectivity index (χ0) is 16.7. The predicted octanol–water partition coefficient (Wildman–Crippen LogP) is 2.66. The lowest BCUT2D eigenvalue weighted by Crippen LogP contribution is -2.58. The van der Waals surface area contributed by atoms with Crippen LogP contribution >= 0.6 is 11.6 Å². The van der Waals surface area contributed by atoms with Gasteiger partial charge in [0.25, 0.3) is 10.2 Å². The SMILES string of the molecule is C[C@H]1CN(S(=O)(=O)NC2(c3ccc(Cl)cc3)CCC2)C[C@H](C)O1. The molecular formula is C16H23ClN2O3S. The number of ether oxygens (including phenoxy) is 1. The van der Waals surface area contributed by atoms with Crippen LogP contribution in [0.15, 0.2) is 24.3 Å². The van der Waals surface area contributed by atoms with Crippen LogP contribution in [0.5, 0.6) is 0 Å². The molecular weight excluding hydrogens is 336 g/mol. The Balaban J connectivity index is 1.82. The van der Waals surface area contributed by atoms with E-state index in [2.05, 4.69) is 4.72 Å². The minimum Gasteiger partial charge on any atom is -0.373 e. The maximum absolute atomic E-state index is 12.9. The summed E-state index contributed by atoms with van der Waals surface area (Å²) >= 11 is 5.95. The van der Waals surface area contributed by atoms with Gasteiger partial charge in [-0.25, -0.2) is 0 Å². The lowest BCUT2D eigenvalue weighted by Gasteiger charge is -2.45. The molecule has 1 saturated heterocycles. The van der Waals surface area contributed by atoms with Gasteiger partial charge in [-0.2, -0.15) is 17.4 Å². The molecule has 0 spiro atoms. The fourth-order valence-electron chi connectivity index (χ4n) is 3.39. The summed E-state index contributed by atoms with van der Waals surface area (Å²) in [6.45, 7) is 4.57. The molecule has 1 aliphatic heterocycles. The normalized spacial score (nSPS) is 28.3. The maximum Gasteiger partial charge on any atom is 0.280 e. The third-order valence-corrected chi connectivity index (χ3v) is 6.53. The fourth-order valence-corrected chi connectivity index (χ4v) is 5.27. The standard InChI is InChI=1S/C16H23ClN2O3S/c1-12-10-19(11-13(2)22-12)23(20,21)18-16(8-3-9-16)14-4-6-15(17)7-5-14/h4-7,12-13,18H,3,8-11H2,1-2H3/t12-,13-/m0/s1. The van der Waals surface area contributed by atoms with Gasteiger partial charge in [0, 0.05) is 18.1 Å². The van der Waals surface area contributed by atoms with Crippen LogP contribution in [0.1, 0.15) is 38.7 Å². The van der Waals surface area contributed by atoms with Crippen molar-refractivity contribution in [2.45, 2.75) is 50.9 Å². The highest BCUT2D eigenvalue weighted by molar-refractivity contribution is 7.87. The second kappa shape index (κ2) is 6.33. The van der Waals surface area contributed by atoms with Crippen LogP contribution in [0.4, 0.5) is 0 Å². The quantitative estimate of drug-likeness (QED) is 0.900. The number of hydrogen-bond acceptors (Lipinski definition) is 3. The first-order valence-electron chi connectivity index (χ1n) is 8.01. The molecule has 1 aromatic rings. The van der Waals surface area contributed by atoms with Gasteiger partial charge in [-0.05, 0) is 50.8 Å². The van der Waals surface area contributed by atoms with E-state index < -0.39 is 15.7 Å². The van der Waals surface area contributed by atoms with Crippen LogP contribution in [0.2, 0.25) is 5.02 Å². The molecule has 0 amide bonds. The molecule has 1 aliphatic carbocycles. The van der Waals surface area contributed by atoms with Gasteiger partial charge in [0.15, 0.2) is 0 Å². The smallest absolute Gasteiger partial charge is 0.280 e. The van der Waals surface area contributed by atoms with Gasteiger partial charge in [-0.15, -0.1) is 0 Å². The molecule has 0 radical (unpaired) electrons. The summed E-state index contributed by atoms with van der Waals surface area (Å²) in [4.78, 5) is 0. The molecule has 1 N–H and O–H groups in total. The molecule has 2 fully saturated rings. The molecule has 7 heteroatoms. The number of morpholine rings is 1. The molecule has 1 aromatic carbocycles. The molecule has 2 atom stereocenters. The Bertz CT molecular complexity index is 648. The van der Waals surface area contributed by atoms with Crippen molar-refractivity contribution >= 4 is 21.8 Å². The van der Waals surface area contributed by atoms with E-state index in [0.717, 1.165) is 24.8 Å². The van der Waals surface area contributed by atoms with Gasteiger partial charge in [0.1, 0.15) is 0 Å². The summed E-state index contributed by atoms with van der Waals surface area (Å²) in [6, 6.07) is 7.44. The van der Waals surface area contributed by atoms with E-state index in [9.17, 15) is 8.42 Å². The molecule has 23 heavy (non-hydrogen) atoms. The average Bonchev–Trinajstić information content (AvgIpc) is 2.43. The molecule has 3 rings (SSSR count). The van der Waals surface area contributed by atoms with Crippen LogP contribution < -0.4 is 4.72 Å². The zero-order valence-electron chi connectivity index (χ0n) is 13.5. The number of halogens is 1. The molecule has 0 unspecified atom stereocenters. The Hall–Kier alpha value is -0.660. The van der Waals surface area contributed by atoms with Gasteiger partial charge in [-0.3, -0.25) is 0 Å². The first kappa shape index (κ1) is 17.2. The van der Waals surface area contributed by atoms with Crippen molar-refractivity contribution in [3.05, 3.63) is 34.9 Å². The van der Waals surface area contributed by atoms with E-state index in [4.69, 9.17) is 16.3 Å². The summed E-state index contributed by atoms with van der Waals surface area (Å²) in [6.07, 6.45) is 2.44. The monoisotopic (exact) mass is 358 g/mol. The summed E-state index contributed by atoms with van der Waals surface area (Å²) in [5.41, 5.74) is 0.472. The van der Waals surface area contributed by atoms with E-state index in [1.165, 1.54) is 4.31 Å². The van der Waals surface area contributed by atoms with Crippen LogP contribution in [-0.2, 0) is 20.5 Å². The number of nitrogens with zero attached hydrogens (tertiary/aromatic N) is 1. The highest BCUT2D eigenvalue weighted by Gasteiger charge is 2.44. The average molecular weight is 359 g/mol. The largest absolute Gasteiger partial charge is 0.373 e. The predicted molar refractivity (Wildman–Crippen MR) is 90.6 cm³/mol. The molecule has 0 bridgehead atoms. The van der Waals surface area contributed by atoms with Crippen LogP contribution in [0, 0.1) is 0 Å².